The van der Waals surface area contributed by atoms with E-state index >= 15 is 0 Å². The van der Waals surface area contributed by atoms with E-state index < -0.39 is 5.97 Å². The number of unbranched alkanes of at least 4 members (excludes halogenated alkanes) is 1. The average molecular weight is 231 g/mol. The summed E-state index contributed by atoms with van der Waals surface area (Å²) in [6, 6.07) is -0.309. The van der Waals surface area contributed by atoms with Crippen molar-refractivity contribution in [3.63, 3.8) is 0 Å². The molecule has 4 N–H and O–H groups in total. The molecule has 0 aromatic rings. The van der Waals surface area contributed by atoms with Crippen molar-refractivity contribution in [3.8, 4) is 0 Å². The predicted octanol–water partition coefficient (Wildman–Crippen LogP) is -0.835. The van der Waals surface area contributed by atoms with Gasteiger partial charge in [0.25, 0.3) is 0 Å². The van der Waals surface area contributed by atoms with E-state index in [4.69, 9.17) is 5.11 Å². The molecule has 94 valence electrons. The zero-order valence-electron chi connectivity index (χ0n) is 9.88. The lowest BCUT2D eigenvalue weighted by molar-refractivity contribution is -0.138. The maximum atomic E-state index is 11.5. The summed E-state index contributed by atoms with van der Waals surface area (Å²) in [5.41, 5.74) is 0. The number of rotatable bonds is 9. The third-order valence-electron chi connectivity index (χ3n) is 2.25. The molecule has 0 spiro atoms. The highest BCUT2D eigenvalue weighted by molar-refractivity contribution is 5.85. The van der Waals surface area contributed by atoms with Crippen LogP contribution in [0, 0.1) is 0 Å². The molecule has 6 heteroatoms. The van der Waals surface area contributed by atoms with Crippen molar-refractivity contribution in [2.24, 2.45) is 0 Å². The minimum atomic E-state index is -1.03. The number of carboxylic acids is 1. The second-order valence-electron chi connectivity index (χ2n) is 3.55. The van der Waals surface area contributed by atoms with E-state index in [1.54, 1.807) is 7.05 Å². The molecule has 1 atom stereocenters. The molecule has 0 heterocycles. The van der Waals surface area contributed by atoms with Crippen molar-refractivity contribution >= 4 is 11.9 Å². The van der Waals surface area contributed by atoms with E-state index in [0.29, 0.717) is 6.42 Å². The number of carboxylic acid groups (broad SMARTS) is 1. The van der Waals surface area contributed by atoms with Crippen molar-refractivity contribution in [1.82, 2.24) is 16.0 Å². The Hall–Kier alpha value is -1.14. The molecule has 0 aliphatic rings. The molecule has 0 saturated heterocycles. The molecule has 0 fully saturated rings. The van der Waals surface area contributed by atoms with Gasteiger partial charge in [0, 0.05) is 0 Å². The molecule has 0 aromatic heterocycles. The van der Waals surface area contributed by atoms with Gasteiger partial charge in [-0.25, -0.2) is 0 Å². The molecule has 0 radical (unpaired) electrons. The van der Waals surface area contributed by atoms with Crippen molar-refractivity contribution < 1.29 is 14.7 Å². The summed E-state index contributed by atoms with van der Waals surface area (Å²) in [4.78, 5) is 21.8. The molecule has 1 unspecified atom stereocenters. The minimum absolute atomic E-state index is 0.255. The number of nitrogens with one attached hydrogen (secondary N) is 3. The summed E-state index contributed by atoms with van der Waals surface area (Å²) in [6.45, 7) is 0.598. The number of carbonyl (C=O) groups is 2. The van der Waals surface area contributed by atoms with Crippen LogP contribution < -0.4 is 16.0 Å². The Labute approximate surface area is 95.8 Å². The summed E-state index contributed by atoms with van der Waals surface area (Å²) < 4.78 is 0. The normalized spacial score (nSPS) is 12.1. The monoisotopic (exact) mass is 231 g/mol. The van der Waals surface area contributed by atoms with Crippen LogP contribution >= 0.6 is 0 Å². The van der Waals surface area contributed by atoms with Crippen molar-refractivity contribution in [2.45, 2.75) is 25.3 Å². The average Bonchev–Trinajstić information content (AvgIpc) is 2.26. The fraction of sp³-hybridized carbons (Fsp3) is 0.800. The molecular formula is C10H21N3O3. The zero-order chi connectivity index (χ0) is 12.4. The summed E-state index contributed by atoms with van der Waals surface area (Å²) in [7, 11) is 3.58. The number of hydrogen-bond acceptors (Lipinski definition) is 4. The lowest BCUT2D eigenvalue weighted by atomic mass is 10.1. The van der Waals surface area contributed by atoms with E-state index in [0.717, 1.165) is 19.4 Å². The second-order valence-corrected chi connectivity index (χ2v) is 3.55. The summed E-state index contributed by atoms with van der Waals surface area (Å²) >= 11 is 0. The van der Waals surface area contributed by atoms with E-state index in [2.05, 4.69) is 16.0 Å². The predicted molar refractivity (Wildman–Crippen MR) is 61.3 cm³/mol. The van der Waals surface area contributed by atoms with Crippen molar-refractivity contribution in [1.29, 1.82) is 0 Å². The Kier molecular flexibility index (Phi) is 8.46. The van der Waals surface area contributed by atoms with Crippen LogP contribution in [0.4, 0.5) is 0 Å². The first-order chi connectivity index (χ1) is 7.61. The van der Waals surface area contributed by atoms with Gasteiger partial charge in [-0.05, 0) is 33.5 Å². The second kappa shape index (κ2) is 9.11. The quantitative estimate of drug-likeness (QED) is 0.389. The molecule has 16 heavy (non-hydrogen) atoms. The van der Waals surface area contributed by atoms with Gasteiger partial charge >= 0.3 is 5.97 Å². The van der Waals surface area contributed by atoms with Crippen molar-refractivity contribution in [2.75, 3.05) is 27.2 Å². The van der Waals surface area contributed by atoms with Crippen LogP contribution in [-0.2, 0) is 9.59 Å². The summed E-state index contributed by atoms with van der Waals surface area (Å²) in [5.74, 6) is -1.28. The van der Waals surface area contributed by atoms with Gasteiger partial charge in [-0.15, -0.1) is 0 Å². The van der Waals surface area contributed by atoms with Gasteiger partial charge in [-0.1, -0.05) is 6.42 Å². The van der Waals surface area contributed by atoms with Gasteiger partial charge < -0.3 is 21.1 Å². The molecule has 1 amide bonds. The van der Waals surface area contributed by atoms with Gasteiger partial charge in [-0.2, -0.15) is 0 Å². The van der Waals surface area contributed by atoms with Crippen LogP contribution in [0.15, 0.2) is 0 Å². The minimum Gasteiger partial charge on any atom is -0.480 e. The SMILES string of the molecule is CNCCCCC(NC)C(=O)NCC(=O)O. The highest BCUT2D eigenvalue weighted by Gasteiger charge is 2.15. The Morgan fingerprint density at radius 3 is 2.44 bits per heavy atom. The van der Waals surface area contributed by atoms with E-state index in [9.17, 15) is 9.59 Å². The molecular weight excluding hydrogens is 210 g/mol. The Bertz CT molecular complexity index is 221. The van der Waals surface area contributed by atoms with Gasteiger partial charge in [0.1, 0.15) is 6.54 Å². The maximum Gasteiger partial charge on any atom is 0.322 e. The first-order valence-corrected chi connectivity index (χ1v) is 5.43. The smallest absolute Gasteiger partial charge is 0.322 e. The van der Waals surface area contributed by atoms with Crippen LogP contribution in [0.25, 0.3) is 0 Å². The number of aliphatic carboxylic acids is 1. The number of likely N-dealkylation sites (N-methyl/N-ethyl adjacent to an activating group) is 1. The largest absolute Gasteiger partial charge is 0.480 e. The molecule has 0 aliphatic heterocycles. The Balaban J connectivity index is 3.78. The zero-order valence-corrected chi connectivity index (χ0v) is 9.88. The fourth-order valence-electron chi connectivity index (χ4n) is 1.34. The van der Waals surface area contributed by atoms with Gasteiger partial charge in [-0.3, -0.25) is 9.59 Å². The van der Waals surface area contributed by atoms with Crippen LogP contribution in [0.2, 0.25) is 0 Å². The fourth-order valence-corrected chi connectivity index (χ4v) is 1.34. The van der Waals surface area contributed by atoms with Crippen molar-refractivity contribution in [3.05, 3.63) is 0 Å². The molecule has 0 aromatic carbocycles. The first kappa shape index (κ1) is 14.9. The molecule has 0 saturated carbocycles. The van der Waals surface area contributed by atoms with Gasteiger partial charge in [0.15, 0.2) is 0 Å². The number of amides is 1. The Morgan fingerprint density at radius 2 is 1.94 bits per heavy atom. The molecule has 0 rings (SSSR count). The van der Waals surface area contributed by atoms with E-state index in [-0.39, 0.29) is 18.5 Å². The van der Waals surface area contributed by atoms with Crippen LogP contribution in [0.5, 0.6) is 0 Å². The lowest BCUT2D eigenvalue weighted by Gasteiger charge is -2.14. The third kappa shape index (κ3) is 7.19. The van der Waals surface area contributed by atoms with Gasteiger partial charge in [0.05, 0.1) is 6.04 Å². The number of hydrogen-bond donors (Lipinski definition) is 4. The standard InChI is InChI=1S/C10H21N3O3/c1-11-6-4-3-5-8(12-2)10(16)13-7-9(14)15/h8,11-12H,3-7H2,1-2H3,(H,13,16)(H,14,15). The summed E-state index contributed by atoms with van der Waals surface area (Å²) in [6.07, 6.45) is 2.64. The summed E-state index contributed by atoms with van der Waals surface area (Å²) in [5, 5.41) is 16.7. The molecule has 6 nitrogen and oxygen atoms in total. The van der Waals surface area contributed by atoms with E-state index in [1.165, 1.54) is 0 Å². The van der Waals surface area contributed by atoms with Crippen LogP contribution in [0.3, 0.4) is 0 Å². The molecule has 0 bridgehead atoms. The maximum absolute atomic E-state index is 11.5. The van der Waals surface area contributed by atoms with Crippen LogP contribution in [-0.4, -0.2) is 50.2 Å². The first-order valence-electron chi connectivity index (χ1n) is 5.43. The lowest BCUT2D eigenvalue weighted by Crippen LogP contribution is -2.44. The van der Waals surface area contributed by atoms with Gasteiger partial charge in [0.2, 0.25) is 5.91 Å². The van der Waals surface area contributed by atoms with E-state index in [1.807, 2.05) is 7.05 Å². The highest BCUT2D eigenvalue weighted by Crippen LogP contribution is 2.00. The van der Waals surface area contributed by atoms with Crippen LogP contribution in [0.1, 0.15) is 19.3 Å². The molecule has 0 aliphatic carbocycles. The highest BCUT2D eigenvalue weighted by atomic mass is 16.4. The third-order valence-corrected chi connectivity index (χ3v) is 2.25. The number of carbonyl (C=O) groups excluding carboxylic acids is 1. The Morgan fingerprint density at radius 1 is 1.25 bits per heavy atom. The topological polar surface area (TPSA) is 90.5 Å².